The normalized spacial score (nSPS) is 11.3. The Kier molecular flexibility index (Phi) is 4.12. The average molecular weight is 366 g/mol. The maximum atomic E-state index is 13.5. The Hall–Kier alpha value is -1.12. The van der Waals surface area contributed by atoms with Crippen molar-refractivity contribution in [2.45, 2.75) is 4.21 Å². The highest BCUT2D eigenvalue weighted by Gasteiger charge is 2.17. The second-order valence-corrected chi connectivity index (χ2v) is 7.89. The van der Waals surface area contributed by atoms with Gasteiger partial charge in [0, 0.05) is 6.07 Å². The lowest BCUT2D eigenvalue weighted by molar-refractivity contribution is 0.386. The van der Waals surface area contributed by atoms with E-state index in [9.17, 15) is 12.8 Å². The topological polar surface area (TPSA) is 55.4 Å². The third-order valence-corrected chi connectivity index (χ3v) is 5.71. The Balaban J connectivity index is 2.28. The molecule has 1 N–H and O–H groups in total. The zero-order valence-corrected chi connectivity index (χ0v) is 12.9. The largest absolute Gasteiger partial charge is 0.494 e. The zero-order valence-electron chi connectivity index (χ0n) is 9.68. The van der Waals surface area contributed by atoms with Crippen molar-refractivity contribution >= 4 is 43.0 Å². The quantitative estimate of drug-likeness (QED) is 0.902. The molecule has 4 nitrogen and oxygen atoms in total. The van der Waals surface area contributed by atoms with E-state index in [0.29, 0.717) is 3.79 Å². The van der Waals surface area contributed by atoms with E-state index in [-0.39, 0.29) is 15.6 Å². The SMILES string of the molecule is COc1ccc(NS(=O)(=O)c2ccc(Br)s2)cc1F. The fraction of sp³-hybridized carbons (Fsp3) is 0.0909. The number of hydrogen-bond donors (Lipinski definition) is 1. The average Bonchev–Trinajstić information content (AvgIpc) is 2.76. The standard InChI is InChI=1S/C11H9BrFNO3S2/c1-17-9-3-2-7(6-8(9)13)14-19(15,16)11-5-4-10(12)18-11/h2-6,14H,1H3. The van der Waals surface area contributed by atoms with Crippen LogP contribution in [0.1, 0.15) is 0 Å². The lowest BCUT2D eigenvalue weighted by Gasteiger charge is -2.08. The molecule has 1 heterocycles. The monoisotopic (exact) mass is 365 g/mol. The summed E-state index contributed by atoms with van der Waals surface area (Å²) in [5.41, 5.74) is 0.142. The number of benzene rings is 1. The molecule has 0 fully saturated rings. The van der Waals surface area contributed by atoms with Crippen LogP contribution in [-0.2, 0) is 10.0 Å². The molecule has 0 aliphatic carbocycles. The van der Waals surface area contributed by atoms with Crippen molar-refractivity contribution in [2.75, 3.05) is 11.8 Å². The molecular formula is C11H9BrFNO3S2. The van der Waals surface area contributed by atoms with Crippen molar-refractivity contribution in [3.05, 3.63) is 39.9 Å². The molecule has 8 heteroatoms. The molecule has 1 aromatic carbocycles. The van der Waals surface area contributed by atoms with Gasteiger partial charge >= 0.3 is 0 Å². The molecule has 2 aromatic rings. The minimum Gasteiger partial charge on any atom is -0.494 e. The van der Waals surface area contributed by atoms with Crippen LogP contribution in [0.2, 0.25) is 0 Å². The van der Waals surface area contributed by atoms with Gasteiger partial charge in [-0.25, -0.2) is 12.8 Å². The Morgan fingerprint density at radius 1 is 1.32 bits per heavy atom. The van der Waals surface area contributed by atoms with E-state index < -0.39 is 15.8 Å². The number of halogens is 2. The maximum Gasteiger partial charge on any atom is 0.271 e. The minimum absolute atomic E-state index is 0.0572. The molecule has 19 heavy (non-hydrogen) atoms. The summed E-state index contributed by atoms with van der Waals surface area (Å²) in [6.45, 7) is 0. The molecule has 0 unspecified atom stereocenters. The highest BCUT2D eigenvalue weighted by Crippen LogP contribution is 2.28. The summed E-state index contributed by atoms with van der Waals surface area (Å²) in [6, 6.07) is 6.96. The molecule has 0 radical (unpaired) electrons. The maximum absolute atomic E-state index is 13.5. The molecular weight excluding hydrogens is 357 g/mol. The Bertz CT molecular complexity index is 700. The van der Waals surface area contributed by atoms with Crippen LogP contribution in [0.3, 0.4) is 0 Å². The van der Waals surface area contributed by atoms with Gasteiger partial charge in [0.25, 0.3) is 10.0 Å². The van der Waals surface area contributed by atoms with Crippen LogP contribution in [0.5, 0.6) is 5.75 Å². The molecule has 0 saturated heterocycles. The highest BCUT2D eigenvalue weighted by atomic mass is 79.9. The smallest absolute Gasteiger partial charge is 0.271 e. The first-order valence-corrected chi connectivity index (χ1v) is 8.13. The number of thiophene rings is 1. The van der Waals surface area contributed by atoms with Gasteiger partial charge in [0.2, 0.25) is 0 Å². The summed E-state index contributed by atoms with van der Waals surface area (Å²) in [5.74, 6) is -0.572. The van der Waals surface area contributed by atoms with Gasteiger partial charge in [0.15, 0.2) is 11.6 Å². The van der Waals surface area contributed by atoms with Crippen molar-refractivity contribution in [3.8, 4) is 5.75 Å². The zero-order chi connectivity index (χ0) is 14.0. The van der Waals surface area contributed by atoms with Crippen LogP contribution < -0.4 is 9.46 Å². The van der Waals surface area contributed by atoms with Crippen molar-refractivity contribution < 1.29 is 17.5 Å². The number of methoxy groups -OCH3 is 1. The number of ether oxygens (including phenoxy) is 1. The third-order valence-electron chi connectivity index (χ3n) is 2.22. The van der Waals surface area contributed by atoms with Gasteiger partial charge in [-0.1, -0.05) is 0 Å². The Labute approximate surface area is 122 Å². The van der Waals surface area contributed by atoms with Crippen LogP contribution in [0.15, 0.2) is 38.3 Å². The molecule has 1 aromatic heterocycles. The summed E-state index contributed by atoms with van der Waals surface area (Å²) < 4.78 is 45.4. The predicted octanol–water partition coefficient (Wildman–Crippen LogP) is 3.46. The second-order valence-electron chi connectivity index (χ2n) is 3.51. The van der Waals surface area contributed by atoms with Crippen molar-refractivity contribution in [2.24, 2.45) is 0 Å². The van der Waals surface area contributed by atoms with Crippen molar-refractivity contribution in [1.29, 1.82) is 0 Å². The molecule has 0 bridgehead atoms. The lowest BCUT2D eigenvalue weighted by Crippen LogP contribution is -2.11. The number of rotatable bonds is 4. The summed E-state index contributed by atoms with van der Waals surface area (Å²) in [5, 5.41) is 0. The van der Waals surface area contributed by atoms with E-state index >= 15 is 0 Å². The van der Waals surface area contributed by atoms with Gasteiger partial charge in [-0.2, -0.15) is 0 Å². The number of anilines is 1. The number of hydrogen-bond acceptors (Lipinski definition) is 4. The lowest BCUT2D eigenvalue weighted by atomic mass is 10.3. The fourth-order valence-electron chi connectivity index (χ4n) is 1.38. The van der Waals surface area contributed by atoms with E-state index in [1.54, 1.807) is 6.07 Å². The van der Waals surface area contributed by atoms with Crippen LogP contribution >= 0.6 is 27.3 Å². The summed E-state index contributed by atoms with van der Waals surface area (Å²) >= 11 is 4.26. The Morgan fingerprint density at radius 3 is 2.58 bits per heavy atom. The van der Waals surface area contributed by atoms with Crippen LogP contribution in [0, 0.1) is 5.82 Å². The third kappa shape index (κ3) is 3.26. The van der Waals surface area contributed by atoms with Gasteiger partial charge in [-0.3, -0.25) is 4.72 Å². The van der Waals surface area contributed by atoms with E-state index in [0.717, 1.165) is 17.4 Å². The molecule has 0 aliphatic heterocycles. The summed E-state index contributed by atoms with van der Waals surface area (Å²) in [7, 11) is -2.36. The highest BCUT2D eigenvalue weighted by molar-refractivity contribution is 9.11. The molecule has 2 rings (SSSR count). The molecule has 0 saturated carbocycles. The first-order chi connectivity index (χ1) is 8.92. The number of sulfonamides is 1. The first-order valence-electron chi connectivity index (χ1n) is 5.04. The predicted molar refractivity (Wildman–Crippen MR) is 75.8 cm³/mol. The van der Waals surface area contributed by atoms with Crippen LogP contribution in [-0.4, -0.2) is 15.5 Å². The van der Waals surface area contributed by atoms with E-state index in [1.807, 2.05) is 0 Å². The van der Waals surface area contributed by atoms with Crippen LogP contribution in [0.25, 0.3) is 0 Å². The molecule has 0 spiro atoms. The molecule has 0 aliphatic rings. The molecule has 102 valence electrons. The van der Waals surface area contributed by atoms with Crippen LogP contribution in [0.4, 0.5) is 10.1 Å². The van der Waals surface area contributed by atoms with Gasteiger partial charge in [-0.05, 0) is 40.2 Å². The number of nitrogens with one attached hydrogen (secondary N) is 1. The van der Waals surface area contributed by atoms with Gasteiger partial charge < -0.3 is 4.74 Å². The molecule has 0 atom stereocenters. The first kappa shape index (κ1) is 14.3. The van der Waals surface area contributed by atoms with E-state index in [1.165, 1.54) is 25.3 Å². The Morgan fingerprint density at radius 2 is 2.05 bits per heavy atom. The van der Waals surface area contributed by atoms with Gasteiger partial charge in [0.05, 0.1) is 16.6 Å². The fourth-order valence-corrected chi connectivity index (χ4v) is 4.44. The summed E-state index contributed by atoms with van der Waals surface area (Å²) in [6.07, 6.45) is 0. The van der Waals surface area contributed by atoms with Gasteiger partial charge in [-0.15, -0.1) is 11.3 Å². The van der Waals surface area contributed by atoms with Gasteiger partial charge in [0.1, 0.15) is 4.21 Å². The minimum atomic E-state index is -3.70. The molecule has 0 amide bonds. The van der Waals surface area contributed by atoms with E-state index in [4.69, 9.17) is 4.74 Å². The van der Waals surface area contributed by atoms with E-state index in [2.05, 4.69) is 20.7 Å². The second kappa shape index (κ2) is 5.48. The van der Waals surface area contributed by atoms with Crippen molar-refractivity contribution in [1.82, 2.24) is 0 Å². The van der Waals surface area contributed by atoms with Crippen molar-refractivity contribution in [3.63, 3.8) is 0 Å². The summed E-state index contributed by atoms with van der Waals surface area (Å²) in [4.78, 5) is 0.